The summed E-state index contributed by atoms with van der Waals surface area (Å²) in [7, 11) is 0. The van der Waals surface area contributed by atoms with Gasteiger partial charge in [0.2, 0.25) is 0 Å². The van der Waals surface area contributed by atoms with Crippen LogP contribution in [0.4, 0.5) is 5.82 Å². The Kier molecular flexibility index (Phi) is 4.95. The zero-order chi connectivity index (χ0) is 16.4. The first-order valence-electron chi connectivity index (χ1n) is 7.83. The van der Waals surface area contributed by atoms with Crippen LogP contribution in [0.25, 0.3) is 17.0 Å². The molecule has 0 fully saturated rings. The third kappa shape index (κ3) is 3.46. The van der Waals surface area contributed by atoms with Crippen LogP contribution in [0.15, 0.2) is 55.1 Å². The van der Waals surface area contributed by atoms with Crippen molar-refractivity contribution in [2.75, 3.05) is 5.73 Å². The van der Waals surface area contributed by atoms with Gasteiger partial charge in [-0.2, -0.15) is 0 Å². The van der Waals surface area contributed by atoms with Crippen LogP contribution in [0, 0.1) is 0 Å². The lowest BCUT2D eigenvalue weighted by Crippen LogP contribution is -2.03. The summed E-state index contributed by atoms with van der Waals surface area (Å²) < 4.78 is 4.15. The van der Waals surface area contributed by atoms with Gasteiger partial charge in [0, 0.05) is 43.3 Å². The van der Waals surface area contributed by atoms with Crippen LogP contribution in [0.3, 0.4) is 0 Å². The molecule has 0 aliphatic carbocycles. The molecule has 0 spiro atoms. The number of rotatable bonds is 5. The first-order chi connectivity index (χ1) is 11.8. The molecule has 4 rings (SSSR count). The average molecular weight is 356 g/mol. The Hall–Kier alpha value is -2.93. The molecule has 128 valence electrons. The molecule has 0 aliphatic heterocycles. The minimum Gasteiger partial charge on any atom is -0.384 e. The SMILES string of the molecule is Cl.Nc1cc(-c2nccn2CCCc2nnc3ccccn23)ccn1. The van der Waals surface area contributed by atoms with Crippen molar-refractivity contribution in [2.24, 2.45) is 0 Å². The number of hydrogen-bond donors (Lipinski definition) is 1. The van der Waals surface area contributed by atoms with Crippen LogP contribution >= 0.6 is 12.4 Å². The van der Waals surface area contributed by atoms with Crippen molar-refractivity contribution in [1.82, 2.24) is 29.1 Å². The Morgan fingerprint density at radius 2 is 1.92 bits per heavy atom. The van der Waals surface area contributed by atoms with E-state index in [1.165, 1.54) is 0 Å². The van der Waals surface area contributed by atoms with Gasteiger partial charge in [-0.1, -0.05) is 6.07 Å². The predicted octanol–water partition coefficient (Wildman–Crippen LogP) is 2.62. The minimum absolute atomic E-state index is 0. The highest BCUT2D eigenvalue weighted by Crippen LogP contribution is 2.19. The van der Waals surface area contributed by atoms with Gasteiger partial charge in [0.05, 0.1) is 0 Å². The molecule has 0 aliphatic rings. The molecule has 0 radical (unpaired) electrons. The first kappa shape index (κ1) is 16.9. The molecule has 2 N–H and O–H groups in total. The maximum absolute atomic E-state index is 5.77. The van der Waals surface area contributed by atoms with Gasteiger partial charge in [-0.05, 0) is 30.7 Å². The monoisotopic (exact) mass is 355 g/mol. The topological polar surface area (TPSA) is 86.9 Å². The maximum atomic E-state index is 5.77. The van der Waals surface area contributed by atoms with Crippen molar-refractivity contribution in [1.29, 1.82) is 0 Å². The second-order valence-electron chi connectivity index (χ2n) is 5.56. The molecule has 0 unspecified atom stereocenters. The molecule has 0 bridgehead atoms. The average Bonchev–Trinajstić information content (AvgIpc) is 3.22. The van der Waals surface area contributed by atoms with Crippen molar-refractivity contribution < 1.29 is 0 Å². The number of nitrogens with zero attached hydrogens (tertiary/aromatic N) is 6. The van der Waals surface area contributed by atoms with Crippen molar-refractivity contribution in [3.05, 3.63) is 60.9 Å². The number of hydrogen-bond acceptors (Lipinski definition) is 5. The fourth-order valence-corrected chi connectivity index (χ4v) is 2.81. The lowest BCUT2D eigenvalue weighted by Gasteiger charge is -2.08. The molecule has 25 heavy (non-hydrogen) atoms. The smallest absolute Gasteiger partial charge is 0.160 e. The Labute approximate surface area is 151 Å². The van der Waals surface area contributed by atoms with E-state index >= 15 is 0 Å². The highest BCUT2D eigenvalue weighted by molar-refractivity contribution is 5.85. The van der Waals surface area contributed by atoms with E-state index in [-0.39, 0.29) is 12.4 Å². The summed E-state index contributed by atoms with van der Waals surface area (Å²) >= 11 is 0. The maximum Gasteiger partial charge on any atom is 0.160 e. The largest absolute Gasteiger partial charge is 0.384 e. The third-order valence-electron chi connectivity index (χ3n) is 3.94. The number of anilines is 1. The number of imidazole rings is 1. The Morgan fingerprint density at radius 1 is 1.00 bits per heavy atom. The lowest BCUT2D eigenvalue weighted by molar-refractivity contribution is 0.630. The molecule has 4 aromatic rings. The number of pyridine rings is 2. The number of halogens is 1. The molecule has 4 heterocycles. The van der Waals surface area contributed by atoms with E-state index in [4.69, 9.17) is 5.73 Å². The Bertz CT molecular complexity index is 976. The summed E-state index contributed by atoms with van der Waals surface area (Å²) in [4.78, 5) is 8.47. The molecule has 0 saturated heterocycles. The lowest BCUT2D eigenvalue weighted by atomic mass is 10.2. The van der Waals surface area contributed by atoms with E-state index in [2.05, 4.69) is 24.7 Å². The standard InChI is InChI=1S/C17H17N7.ClH/c18-14-12-13(6-7-19-14)17-20-8-11-23(17)9-3-5-16-22-21-15-4-1-2-10-24(15)16;/h1-2,4,6-8,10-12H,3,5,9H2,(H2,18,19);1H. The van der Waals surface area contributed by atoms with Crippen molar-refractivity contribution in [3.8, 4) is 11.4 Å². The van der Waals surface area contributed by atoms with Crippen LogP contribution in [0.2, 0.25) is 0 Å². The van der Waals surface area contributed by atoms with Gasteiger partial charge in [0.15, 0.2) is 5.65 Å². The molecule has 0 aromatic carbocycles. The van der Waals surface area contributed by atoms with E-state index in [1.807, 2.05) is 47.1 Å². The van der Waals surface area contributed by atoms with E-state index < -0.39 is 0 Å². The van der Waals surface area contributed by atoms with Crippen molar-refractivity contribution >= 4 is 23.9 Å². The number of nitrogen functional groups attached to an aromatic ring is 1. The minimum atomic E-state index is 0. The van der Waals surface area contributed by atoms with Crippen molar-refractivity contribution in [3.63, 3.8) is 0 Å². The Balaban J connectivity index is 0.00000182. The van der Waals surface area contributed by atoms with Crippen LogP contribution < -0.4 is 5.73 Å². The fourth-order valence-electron chi connectivity index (χ4n) is 2.81. The van der Waals surface area contributed by atoms with Gasteiger partial charge in [0.1, 0.15) is 17.5 Å². The quantitative estimate of drug-likeness (QED) is 0.594. The summed E-state index contributed by atoms with van der Waals surface area (Å²) in [6.07, 6.45) is 9.27. The van der Waals surface area contributed by atoms with Gasteiger partial charge >= 0.3 is 0 Å². The highest BCUT2D eigenvalue weighted by atomic mass is 35.5. The normalized spacial score (nSPS) is 10.7. The number of fused-ring (bicyclic) bond motifs is 1. The summed E-state index contributed by atoms with van der Waals surface area (Å²) in [6.45, 7) is 0.847. The van der Waals surface area contributed by atoms with Gasteiger partial charge in [-0.25, -0.2) is 9.97 Å². The van der Waals surface area contributed by atoms with Crippen LogP contribution in [-0.2, 0) is 13.0 Å². The molecule has 0 amide bonds. The van der Waals surface area contributed by atoms with Gasteiger partial charge < -0.3 is 10.3 Å². The molecule has 8 heteroatoms. The molecular weight excluding hydrogens is 338 g/mol. The summed E-state index contributed by atoms with van der Waals surface area (Å²) in [5.41, 5.74) is 7.62. The number of aryl methyl sites for hydroxylation is 2. The van der Waals surface area contributed by atoms with E-state index in [1.54, 1.807) is 12.4 Å². The molecule has 0 atom stereocenters. The van der Waals surface area contributed by atoms with Crippen LogP contribution in [0.1, 0.15) is 12.2 Å². The van der Waals surface area contributed by atoms with E-state index in [0.717, 1.165) is 42.2 Å². The summed E-state index contributed by atoms with van der Waals surface area (Å²) in [5, 5.41) is 8.45. The first-order valence-corrected chi connectivity index (χ1v) is 7.83. The van der Waals surface area contributed by atoms with E-state index in [0.29, 0.717) is 5.82 Å². The zero-order valence-electron chi connectivity index (χ0n) is 13.5. The van der Waals surface area contributed by atoms with Crippen LogP contribution in [0.5, 0.6) is 0 Å². The molecule has 7 nitrogen and oxygen atoms in total. The molecular formula is C17H18ClN7. The van der Waals surface area contributed by atoms with Gasteiger partial charge in [-0.15, -0.1) is 22.6 Å². The Morgan fingerprint density at radius 3 is 2.80 bits per heavy atom. The second-order valence-corrected chi connectivity index (χ2v) is 5.56. The number of aromatic nitrogens is 6. The van der Waals surface area contributed by atoms with Gasteiger partial charge in [0.25, 0.3) is 0 Å². The fraction of sp³-hybridized carbons (Fsp3) is 0.176. The molecule has 4 aromatic heterocycles. The summed E-state index contributed by atoms with van der Waals surface area (Å²) in [5.74, 6) is 2.37. The predicted molar refractivity (Wildman–Crippen MR) is 98.4 cm³/mol. The summed E-state index contributed by atoms with van der Waals surface area (Å²) in [6, 6.07) is 9.66. The van der Waals surface area contributed by atoms with E-state index in [9.17, 15) is 0 Å². The second kappa shape index (κ2) is 7.31. The van der Waals surface area contributed by atoms with Crippen molar-refractivity contribution in [2.45, 2.75) is 19.4 Å². The van der Waals surface area contributed by atoms with Crippen LogP contribution in [-0.4, -0.2) is 29.1 Å². The third-order valence-corrected chi connectivity index (χ3v) is 3.94. The highest BCUT2D eigenvalue weighted by Gasteiger charge is 2.08. The van der Waals surface area contributed by atoms with Gasteiger partial charge in [-0.3, -0.25) is 4.40 Å². The number of nitrogens with two attached hydrogens (primary N) is 1. The zero-order valence-corrected chi connectivity index (χ0v) is 14.3. The molecule has 0 saturated carbocycles.